The predicted molar refractivity (Wildman–Crippen MR) is 70.9 cm³/mol. The van der Waals surface area contributed by atoms with Gasteiger partial charge >= 0.3 is 0 Å². The maximum atomic E-state index is 13.3. The fourth-order valence-corrected chi connectivity index (χ4v) is 1.77. The molecule has 19 heavy (non-hydrogen) atoms. The van der Waals surface area contributed by atoms with Gasteiger partial charge in [-0.3, -0.25) is 4.79 Å². The number of benzene rings is 1. The number of hydrogen-bond donors (Lipinski definition) is 2. The third-order valence-corrected chi connectivity index (χ3v) is 3.08. The SMILES string of the molecule is CC(CN(C)C(=O)c1cccc(F)c1Cl)/C(N)=N/O. The Morgan fingerprint density at radius 1 is 1.63 bits per heavy atom. The van der Waals surface area contributed by atoms with E-state index in [9.17, 15) is 9.18 Å². The molecule has 0 aliphatic carbocycles. The highest BCUT2D eigenvalue weighted by Crippen LogP contribution is 2.21. The normalized spacial score (nSPS) is 13.2. The first-order valence-corrected chi connectivity index (χ1v) is 5.93. The maximum absolute atomic E-state index is 13.3. The molecule has 0 saturated carbocycles. The number of hydrogen-bond acceptors (Lipinski definition) is 3. The van der Waals surface area contributed by atoms with E-state index < -0.39 is 11.7 Å². The second kappa shape index (κ2) is 6.38. The van der Waals surface area contributed by atoms with Crippen molar-refractivity contribution >= 4 is 23.3 Å². The van der Waals surface area contributed by atoms with Crippen LogP contribution in [-0.4, -0.2) is 35.4 Å². The average molecular weight is 288 g/mol. The molecule has 0 spiro atoms. The summed E-state index contributed by atoms with van der Waals surface area (Å²) in [5.41, 5.74) is 5.51. The summed E-state index contributed by atoms with van der Waals surface area (Å²) in [5, 5.41) is 11.2. The summed E-state index contributed by atoms with van der Waals surface area (Å²) in [7, 11) is 1.53. The summed E-state index contributed by atoms with van der Waals surface area (Å²) < 4.78 is 13.3. The molecule has 0 aliphatic rings. The first-order valence-electron chi connectivity index (χ1n) is 5.55. The molecular formula is C12H15ClFN3O2. The standard InChI is InChI=1S/C12H15ClFN3O2/c1-7(11(15)16-19)6-17(2)12(18)8-4-3-5-9(14)10(8)13/h3-5,7,19H,6H2,1-2H3,(H2,15,16). The van der Waals surface area contributed by atoms with Crippen molar-refractivity contribution in [3.05, 3.63) is 34.6 Å². The molecule has 1 rings (SSSR count). The highest BCUT2D eigenvalue weighted by atomic mass is 35.5. The molecule has 104 valence electrons. The molecule has 0 aromatic heterocycles. The number of halogens is 2. The lowest BCUT2D eigenvalue weighted by Gasteiger charge is -2.21. The second-order valence-corrected chi connectivity index (χ2v) is 4.59. The van der Waals surface area contributed by atoms with Crippen LogP contribution in [-0.2, 0) is 0 Å². The zero-order valence-electron chi connectivity index (χ0n) is 10.6. The smallest absolute Gasteiger partial charge is 0.255 e. The Kier molecular flexibility index (Phi) is 5.11. The van der Waals surface area contributed by atoms with Crippen LogP contribution in [0.4, 0.5) is 4.39 Å². The summed E-state index contributed by atoms with van der Waals surface area (Å²) in [4.78, 5) is 13.4. The first-order chi connectivity index (χ1) is 8.88. The topological polar surface area (TPSA) is 78.9 Å². The summed E-state index contributed by atoms with van der Waals surface area (Å²) in [6, 6.07) is 4.03. The Hall–Kier alpha value is -1.82. The van der Waals surface area contributed by atoms with Gasteiger partial charge in [0.05, 0.1) is 10.6 Å². The molecule has 0 bridgehead atoms. The number of nitrogens with zero attached hydrogens (tertiary/aromatic N) is 2. The van der Waals surface area contributed by atoms with Gasteiger partial charge < -0.3 is 15.8 Å². The van der Waals surface area contributed by atoms with Crippen molar-refractivity contribution in [1.82, 2.24) is 4.90 Å². The number of carbonyl (C=O) groups excluding carboxylic acids is 1. The molecule has 0 heterocycles. The van der Waals surface area contributed by atoms with Crippen molar-refractivity contribution in [2.75, 3.05) is 13.6 Å². The molecule has 1 unspecified atom stereocenters. The fourth-order valence-electron chi connectivity index (χ4n) is 1.56. The van der Waals surface area contributed by atoms with E-state index in [2.05, 4.69) is 5.16 Å². The van der Waals surface area contributed by atoms with E-state index in [1.54, 1.807) is 6.92 Å². The Balaban J connectivity index is 2.86. The van der Waals surface area contributed by atoms with Crippen LogP contribution in [0, 0.1) is 11.7 Å². The molecule has 7 heteroatoms. The fraction of sp³-hybridized carbons (Fsp3) is 0.333. The Bertz CT molecular complexity index is 508. The van der Waals surface area contributed by atoms with Crippen molar-refractivity contribution in [3.8, 4) is 0 Å². The van der Waals surface area contributed by atoms with Gasteiger partial charge in [-0.2, -0.15) is 0 Å². The van der Waals surface area contributed by atoms with Crippen molar-refractivity contribution in [3.63, 3.8) is 0 Å². The number of nitrogens with two attached hydrogens (primary N) is 1. The van der Waals surface area contributed by atoms with Crippen molar-refractivity contribution < 1.29 is 14.4 Å². The molecule has 0 radical (unpaired) electrons. The van der Waals surface area contributed by atoms with Crippen LogP contribution >= 0.6 is 11.6 Å². The van der Waals surface area contributed by atoms with Crippen molar-refractivity contribution in [1.29, 1.82) is 0 Å². The van der Waals surface area contributed by atoms with Gasteiger partial charge in [-0.15, -0.1) is 0 Å². The molecule has 3 N–H and O–H groups in total. The van der Waals surface area contributed by atoms with Gasteiger partial charge in [-0.25, -0.2) is 4.39 Å². The zero-order valence-corrected chi connectivity index (χ0v) is 11.4. The van der Waals surface area contributed by atoms with Gasteiger partial charge in [-0.1, -0.05) is 29.7 Å². The minimum atomic E-state index is -0.648. The van der Waals surface area contributed by atoms with Gasteiger partial charge in [0.15, 0.2) is 0 Å². The molecule has 0 saturated heterocycles. The highest BCUT2D eigenvalue weighted by Gasteiger charge is 2.20. The van der Waals surface area contributed by atoms with Gasteiger partial charge in [0, 0.05) is 19.5 Å². The molecule has 0 fully saturated rings. The molecule has 1 amide bonds. The van der Waals surface area contributed by atoms with E-state index in [-0.39, 0.29) is 28.9 Å². The van der Waals surface area contributed by atoms with Crippen LogP contribution < -0.4 is 5.73 Å². The van der Waals surface area contributed by atoms with E-state index in [1.807, 2.05) is 0 Å². The number of carbonyl (C=O) groups is 1. The first kappa shape index (κ1) is 15.2. The zero-order chi connectivity index (χ0) is 14.6. The van der Waals surface area contributed by atoms with Crippen LogP contribution in [0.1, 0.15) is 17.3 Å². The van der Waals surface area contributed by atoms with E-state index in [0.717, 1.165) is 0 Å². The lowest BCUT2D eigenvalue weighted by molar-refractivity contribution is 0.0785. The summed E-state index contributed by atoms with van der Waals surface area (Å²) in [6.45, 7) is 1.92. The number of oxime groups is 1. The maximum Gasteiger partial charge on any atom is 0.255 e. The van der Waals surface area contributed by atoms with Gasteiger partial charge in [-0.05, 0) is 12.1 Å². The van der Waals surface area contributed by atoms with Gasteiger partial charge in [0.25, 0.3) is 5.91 Å². The third kappa shape index (κ3) is 3.57. The lowest BCUT2D eigenvalue weighted by Crippen LogP contribution is -2.36. The third-order valence-electron chi connectivity index (χ3n) is 2.70. The van der Waals surface area contributed by atoms with E-state index in [0.29, 0.717) is 0 Å². The van der Waals surface area contributed by atoms with Crippen molar-refractivity contribution in [2.24, 2.45) is 16.8 Å². The molecule has 1 aromatic rings. The summed E-state index contributed by atoms with van der Waals surface area (Å²) in [5.74, 6) is -1.39. The largest absolute Gasteiger partial charge is 0.409 e. The Morgan fingerprint density at radius 3 is 2.84 bits per heavy atom. The molecule has 1 aromatic carbocycles. The Morgan fingerprint density at radius 2 is 2.26 bits per heavy atom. The van der Waals surface area contributed by atoms with E-state index in [1.165, 1.54) is 30.1 Å². The highest BCUT2D eigenvalue weighted by molar-refractivity contribution is 6.34. The average Bonchev–Trinajstić information content (AvgIpc) is 2.39. The predicted octanol–water partition coefficient (Wildman–Crippen LogP) is 1.93. The molecule has 5 nitrogen and oxygen atoms in total. The van der Waals surface area contributed by atoms with Crippen LogP contribution in [0.25, 0.3) is 0 Å². The van der Waals surface area contributed by atoms with E-state index in [4.69, 9.17) is 22.5 Å². The van der Waals surface area contributed by atoms with Gasteiger partial charge in [0.1, 0.15) is 11.7 Å². The van der Waals surface area contributed by atoms with Crippen molar-refractivity contribution in [2.45, 2.75) is 6.92 Å². The quantitative estimate of drug-likeness (QED) is 0.384. The van der Waals surface area contributed by atoms with Crippen LogP contribution in [0.15, 0.2) is 23.4 Å². The van der Waals surface area contributed by atoms with Crippen LogP contribution in [0.5, 0.6) is 0 Å². The summed E-state index contributed by atoms with van der Waals surface area (Å²) in [6.07, 6.45) is 0. The monoisotopic (exact) mass is 287 g/mol. The van der Waals surface area contributed by atoms with Crippen LogP contribution in [0.2, 0.25) is 5.02 Å². The molecule has 0 aliphatic heterocycles. The second-order valence-electron chi connectivity index (χ2n) is 4.21. The minimum Gasteiger partial charge on any atom is -0.409 e. The number of rotatable bonds is 4. The molecular weight excluding hydrogens is 273 g/mol. The Labute approximate surface area is 115 Å². The summed E-state index contributed by atoms with van der Waals surface area (Å²) >= 11 is 5.75. The number of amidine groups is 1. The van der Waals surface area contributed by atoms with Crippen LogP contribution in [0.3, 0.4) is 0 Å². The number of amides is 1. The molecule has 1 atom stereocenters. The minimum absolute atomic E-state index is 0.0185. The van der Waals surface area contributed by atoms with E-state index >= 15 is 0 Å². The van der Waals surface area contributed by atoms with Gasteiger partial charge in [0.2, 0.25) is 0 Å². The lowest BCUT2D eigenvalue weighted by atomic mass is 10.1.